The smallest absolute Gasteiger partial charge is 0.260 e. The van der Waals surface area contributed by atoms with Crippen molar-refractivity contribution in [3.8, 4) is 0 Å². The molecule has 2 aromatic carbocycles. The van der Waals surface area contributed by atoms with Gasteiger partial charge in [0.25, 0.3) is 5.91 Å². The normalized spacial score (nSPS) is 11.9. The SMILES string of the molecule is C/C(CCc1ccccc1)=N/NC(=O)CN(c1cccc(Cl)c1C)S(C)(=O)=O. The van der Waals surface area contributed by atoms with Crippen LogP contribution in [0.15, 0.2) is 53.6 Å². The summed E-state index contributed by atoms with van der Waals surface area (Å²) in [5, 5.41) is 4.51. The molecule has 8 heteroatoms. The number of hydrazone groups is 1. The Morgan fingerprint density at radius 3 is 2.46 bits per heavy atom. The molecular weight excluding hydrogens is 398 g/mol. The van der Waals surface area contributed by atoms with Gasteiger partial charge in [0.05, 0.1) is 11.9 Å². The van der Waals surface area contributed by atoms with Gasteiger partial charge in [0.15, 0.2) is 0 Å². The van der Waals surface area contributed by atoms with Crippen molar-refractivity contribution in [2.75, 3.05) is 17.1 Å². The Labute approximate surface area is 171 Å². The zero-order valence-electron chi connectivity index (χ0n) is 16.1. The zero-order valence-corrected chi connectivity index (χ0v) is 17.7. The van der Waals surface area contributed by atoms with E-state index in [2.05, 4.69) is 10.5 Å². The number of hydrogen-bond acceptors (Lipinski definition) is 4. The number of nitrogens with zero attached hydrogens (tertiary/aromatic N) is 2. The fraction of sp³-hybridized carbons (Fsp3) is 0.300. The monoisotopic (exact) mass is 421 g/mol. The molecule has 0 aliphatic heterocycles. The highest BCUT2D eigenvalue weighted by Gasteiger charge is 2.23. The van der Waals surface area contributed by atoms with Crippen molar-refractivity contribution in [3.05, 3.63) is 64.7 Å². The van der Waals surface area contributed by atoms with Crippen LogP contribution in [0.25, 0.3) is 0 Å². The molecule has 0 aliphatic carbocycles. The first-order valence-electron chi connectivity index (χ1n) is 8.77. The third-order valence-electron chi connectivity index (χ3n) is 4.19. The van der Waals surface area contributed by atoms with E-state index in [4.69, 9.17) is 11.6 Å². The second-order valence-corrected chi connectivity index (χ2v) is 8.84. The van der Waals surface area contributed by atoms with Gasteiger partial charge in [0, 0.05) is 10.7 Å². The largest absolute Gasteiger partial charge is 0.271 e. The van der Waals surface area contributed by atoms with Crippen LogP contribution < -0.4 is 9.73 Å². The molecule has 0 aromatic heterocycles. The minimum absolute atomic E-state index is 0.370. The van der Waals surface area contributed by atoms with Crippen LogP contribution in [0.1, 0.15) is 24.5 Å². The summed E-state index contributed by atoms with van der Waals surface area (Å²) in [6, 6.07) is 14.9. The average molecular weight is 422 g/mol. The maximum absolute atomic E-state index is 12.3. The lowest BCUT2D eigenvalue weighted by Crippen LogP contribution is -2.39. The third kappa shape index (κ3) is 6.35. The van der Waals surface area contributed by atoms with E-state index < -0.39 is 15.9 Å². The fourth-order valence-corrected chi connectivity index (χ4v) is 3.67. The second kappa shape index (κ2) is 9.71. The van der Waals surface area contributed by atoms with Gasteiger partial charge in [-0.05, 0) is 49.9 Å². The number of benzene rings is 2. The van der Waals surface area contributed by atoms with Crippen LogP contribution in [0.3, 0.4) is 0 Å². The molecule has 0 spiro atoms. The summed E-state index contributed by atoms with van der Waals surface area (Å²) >= 11 is 6.09. The maximum Gasteiger partial charge on any atom is 0.260 e. The van der Waals surface area contributed by atoms with Crippen LogP contribution in [0.2, 0.25) is 5.02 Å². The Kier molecular flexibility index (Phi) is 7.60. The first-order chi connectivity index (χ1) is 13.2. The lowest BCUT2D eigenvalue weighted by Gasteiger charge is -2.23. The standard InChI is InChI=1S/C20H24ClN3O3S/c1-15(12-13-17-8-5-4-6-9-17)22-23-20(25)14-24(28(3,26)27)19-11-7-10-18(21)16(19)2/h4-11H,12-14H2,1-3H3,(H,23,25)/b22-15-. The fourth-order valence-electron chi connectivity index (χ4n) is 2.60. The summed E-state index contributed by atoms with van der Waals surface area (Å²) in [5.74, 6) is -0.524. The Balaban J connectivity index is 2.03. The van der Waals surface area contributed by atoms with E-state index in [0.29, 0.717) is 22.7 Å². The molecule has 0 aliphatic rings. The van der Waals surface area contributed by atoms with Crippen LogP contribution in [0.4, 0.5) is 5.69 Å². The highest BCUT2D eigenvalue weighted by atomic mass is 35.5. The van der Waals surface area contributed by atoms with Crippen molar-refractivity contribution < 1.29 is 13.2 Å². The van der Waals surface area contributed by atoms with E-state index in [1.54, 1.807) is 25.1 Å². The van der Waals surface area contributed by atoms with E-state index in [1.807, 2.05) is 37.3 Å². The van der Waals surface area contributed by atoms with Crippen LogP contribution in [-0.4, -0.2) is 32.8 Å². The number of nitrogens with one attached hydrogen (secondary N) is 1. The molecule has 6 nitrogen and oxygen atoms in total. The molecule has 2 rings (SSSR count). The van der Waals surface area contributed by atoms with Gasteiger partial charge in [-0.15, -0.1) is 0 Å². The minimum atomic E-state index is -3.67. The molecule has 1 N–H and O–H groups in total. The third-order valence-corrected chi connectivity index (χ3v) is 5.72. The van der Waals surface area contributed by atoms with Crippen molar-refractivity contribution in [2.24, 2.45) is 5.10 Å². The van der Waals surface area contributed by atoms with Crippen LogP contribution in [0, 0.1) is 6.92 Å². The number of aryl methyl sites for hydroxylation is 1. The molecule has 2 aromatic rings. The molecule has 0 unspecified atom stereocenters. The number of halogens is 1. The van der Waals surface area contributed by atoms with Gasteiger partial charge >= 0.3 is 0 Å². The summed E-state index contributed by atoms with van der Waals surface area (Å²) < 4.78 is 25.4. The number of carbonyl (C=O) groups excluding carboxylic acids is 1. The Hall–Kier alpha value is -2.38. The topological polar surface area (TPSA) is 78.8 Å². The second-order valence-electron chi connectivity index (χ2n) is 6.52. The molecule has 0 radical (unpaired) electrons. The summed E-state index contributed by atoms with van der Waals surface area (Å²) in [7, 11) is -3.67. The first kappa shape index (κ1) is 21.9. The Morgan fingerprint density at radius 2 is 1.82 bits per heavy atom. The molecule has 0 atom stereocenters. The van der Waals surface area contributed by atoms with Crippen molar-refractivity contribution in [2.45, 2.75) is 26.7 Å². The molecule has 1 amide bonds. The van der Waals surface area contributed by atoms with E-state index in [1.165, 1.54) is 5.56 Å². The summed E-state index contributed by atoms with van der Waals surface area (Å²) in [6.45, 7) is 3.15. The van der Waals surface area contributed by atoms with Crippen LogP contribution in [0.5, 0.6) is 0 Å². The number of sulfonamides is 1. The maximum atomic E-state index is 12.3. The quantitative estimate of drug-likeness (QED) is 0.523. The van der Waals surface area contributed by atoms with Gasteiger partial charge in [-0.25, -0.2) is 13.8 Å². The summed E-state index contributed by atoms with van der Waals surface area (Å²) in [6.07, 6.45) is 2.55. The number of carbonyl (C=O) groups is 1. The number of amides is 1. The lowest BCUT2D eigenvalue weighted by atomic mass is 10.1. The number of rotatable bonds is 8. The Bertz CT molecular complexity index is 960. The molecule has 0 heterocycles. The molecule has 28 heavy (non-hydrogen) atoms. The first-order valence-corrected chi connectivity index (χ1v) is 11.0. The van der Waals surface area contributed by atoms with E-state index >= 15 is 0 Å². The highest BCUT2D eigenvalue weighted by Crippen LogP contribution is 2.27. The summed E-state index contributed by atoms with van der Waals surface area (Å²) in [5.41, 5.74) is 5.33. The molecular formula is C20H24ClN3O3S. The lowest BCUT2D eigenvalue weighted by molar-refractivity contribution is -0.119. The van der Waals surface area contributed by atoms with Crippen molar-refractivity contribution in [3.63, 3.8) is 0 Å². The molecule has 150 valence electrons. The minimum Gasteiger partial charge on any atom is -0.271 e. The van der Waals surface area contributed by atoms with Crippen LogP contribution in [-0.2, 0) is 21.2 Å². The molecule has 0 saturated heterocycles. The Morgan fingerprint density at radius 1 is 1.14 bits per heavy atom. The van der Waals surface area contributed by atoms with E-state index in [-0.39, 0.29) is 6.54 Å². The highest BCUT2D eigenvalue weighted by molar-refractivity contribution is 7.92. The van der Waals surface area contributed by atoms with E-state index in [9.17, 15) is 13.2 Å². The molecule has 0 saturated carbocycles. The van der Waals surface area contributed by atoms with Gasteiger partial charge in [0.2, 0.25) is 10.0 Å². The van der Waals surface area contributed by atoms with Gasteiger partial charge in [-0.3, -0.25) is 9.10 Å². The van der Waals surface area contributed by atoms with Crippen molar-refractivity contribution in [1.29, 1.82) is 0 Å². The predicted octanol–water partition coefficient (Wildman–Crippen LogP) is 3.54. The molecule has 0 bridgehead atoms. The van der Waals surface area contributed by atoms with Gasteiger partial charge in [-0.2, -0.15) is 5.10 Å². The predicted molar refractivity (Wildman–Crippen MR) is 114 cm³/mol. The van der Waals surface area contributed by atoms with Gasteiger partial charge in [0.1, 0.15) is 6.54 Å². The zero-order chi connectivity index (χ0) is 20.7. The van der Waals surface area contributed by atoms with Crippen molar-refractivity contribution >= 4 is 38.9 Å². The van der Waals surface area contributed by atoms with Crippen molar-refractivity contribution in [1.82, 2.24) is 5.43 Å². The number of hydrogen-bond donors (Lipinski definition) is 1. The summed E-state index contributed by atoms with van der Waals surface area (Å²) in [4.78, 5) is 12.3. The molecule has 0 fully saturated rings. The van der Waals surface area contributed by atoms with Crippen LogP contribution >= 0.6 is 11.6 Å². The number of anilines is 1. The van der Waals surface area contributed by atoms with Gasteiger partial charge in [-0.1, -0.05) is 48.0 Å². The average Bonchev–Trinajstić information content (AvgIpc) is 2.65. The van der Waals surface area contributed by atoms with E-state index in [0.717, 1.165) is 22.7 Å². The van der Waals surface area contributed by atoms with Gasteiger partial charge < -0.3 is 0 Å².